The zero-order chi connectivity index (χ0) is 14.8. The summed E-state index contributed by atoms with van der Waals surface area (Å²) in [5.41, 5.74) is 2.47. The SMILES string of the molecule is CC(C)(C)N1CCN(Cc2cc(C(=O)NN)no2)CC1. The Kier molecular flexibility index (Phi) is 4.42. The van der Waals surface area contributed by atoms with Crippen molar-refractivity contribution in [3.63, 3.8) is 0 Å². The topological polar surface area (TPSA) is 87.6 Å². The first-order chi connectivity index (χ1) is 9.40. The summed E-state index contributed by atoms with van der Waals surface area (Å²) in [6.07, 6.45) is 0. The number of hydrogen-bond donors (Lipinski definition) is 2. The van der Waals surface area contributed by atoms with Crippen LogP contribution in [0, 0.1) is 0 Å². The average molecular weight is 281 g/mol. The van der Waals surface area contributed by atoms with Gasteiger partial charge in [-0.05, 0) is 20.8 Å². The summed E-state index contributed by atoms with van der Waals surface area (Å²) in [6, 6.07) is 1.64. The smallest absolute Gasteiger partial charge is 0.287 e. The monoisotopic (exact) mass is 281 g/mol. The number of piperazine rings is 1. The molecule has 1 aliphatic rings. The van der Waals surface area contributed by atoms with Gasteiger partial charge in [0.15, 0.2) is 11.5 Å². The van der Waals surface area contributed by atoms with E-state index in [0.29, 0.717) is 12.3 Å². The number of nitrogens with zero attached hydrogens (tertiary/aromatic N) is 3. The first-order valence-electron chi connectivity index (χ1n) is 6.84. The van der Waals surface area contributed by atoms with Gasteiger partial charge >= 0.3 is 0 Å². The van der Waals surface area contributed by atoms with Crippen molar-refractivity contribution in [1.29, 1.82) is 0 Å². The van der Waals surface area contributed by atoms with Gasteiger partial charge in [-0.15, -0.1) is 0 Å². The molecule has 112 valence electrons. The predicted octanol–water partition coefficient (Wildman–Crippen LogP) is 0.194. The van der Waals surface area contributed by atoms with Gasteiger partial charge in [-0.1, -0.05) is 5.16 Å². The number of hydrazine groups is 1. The number of carbonyl (C=O) groups is 1. The van der Waals surface area contributed by atoms with E-state index in [0.717, 1.165) is 26.2 Å². The molecule has 0 unspecified atom stereocenters. The zero-order valence-electron chi connectivity index (χ0n) is 12.3. The van der Waals surface area contributed by atoms with Crippen LogP contribution >= 0.6 is 0 Å². The van der Waals surface area contributed by atoms with Crippen LogP contribution in [0.5, 0.6) is 0 Å². The highest BCUT2D eigenvalue weighted by Gasteiger charge is 2.26. The molecular formula is C13H23N5O2. The maximum absolute atomic E-state index is 11.3. The van der Waals surface area contributed by atoms with E-state index in [1.165, 1.54) is 0 Å². The van der Waals surface area contributed by atoms with E-state index in [-0.39, 0.29) is 11.2 Å². The lowest BCUT2D eigenvalue weighted by Crippen LogP contribution is -2.53. The van der Waals surface area contributed by atoms with E-state index in [1.54, 1.807) is 6.07 Å². The molecule has 0 radical (unpaired) electrons. The minimum absolute atomic E-state index is 0.213. The molecule has 2 rings (SSSR count). The maximum Gasteiger partial charge on any atom is 0.287 e. The Hall–Kier alpha value is -1.44. The highest BCUT2D eigenvalue weighted by atomic mass is 16.5. The van der Waals surface area contributed by atoms with E-state index in [4.69, 9.17) is 10.4 Å². The Balaban J connectivity index is 1.87. The van der Waals surface area contributed by atoms with Crippen LogP contribution in [0.15, 0.2) is 10.6 Å². The van der Waals surface area contributed by atoms with Gasteiger partial charge in [0.2, 0.25) is 0 Å². The van der Waals surface area contributed by atoms with E-state index in [9.17, 15) is 4.79 Å². The summed E-state index contributed by atoms with van der Waals surface area (Å²) in [6.45, 7) is 11.4. The molecular weight excluding hydrogens is 258 g/mol. The van der Waals surface area contributed by atoms with E-state index in [2.05, 4.69) is 35.7 Å². The lowest BCUT2D eigenvalue weighted by Gasteiger charge is -2.42. The summed E-state index contributed by atoms with van der Waals surface area (Å²) in [5, 5.41) is 3.70. The first kappa shape index (κ1) is 15.0. The quantitative estimate of drug-likeness (QED) is 0.467. The fourth-order valence-electron chi connectivity index (χ4n) is 2.37. The van der Waals surface area contributed by atoms with E-state index in [1.807, 2.05) is 5.43 Å². The van der Waals surface area contributed by atoms with Gasteiger partial charge in [-0.3, -0.25) is 20.0 Å². The molecule has 1 fully saturated rings. The largest absolute Gasteiger partial charge is 0.359 e. The second kappa shape index (κ2) is 5.90. The summed E-state index contributed by atoms with van der Waals surface area (Å²) in [5.74, 6) is 5.31. The second-order valence-corrected chi connectivity index (χ2v) is 6.09. The zero-order valence-corrected chi connectivity index (χ0v) is 12.3. The van der Waals surface area contributed by atoms with Crippen molar-refractivity contribution in [1.82, 2.24) is 20.4 Å². The van der Waals surface area contributed by atoms with E-state index >= 15 is 0 Å². The molecule has 0 atom stereocenters. The first-order valence-corrected chi connectivity index (χ1v) is 6.84. The van der Waals surface area contributed by atoms with Crippen molar-refractivity contribution in [2.45, 2.75) is 32.9 Å². The summed E-state index contributed by atoms with van der Waals surface area (Å²) in [7, 11) is 0. The molecule has 7 nitrogen and oxygen atoms in total. The van der Waals surface area contributed by atoms with Crippen LogP contribution in [0.25, 0.3) is 0 Å². The maximum atomic E-state index is 11.3. The van der Waals surface area contributed by atoms with Crippen LogP contribution in [0.2, 0.25) is 0 Å². The van der Waals surface area contributed by atoms with Gasteiger partial charge in [-0.2, -0.15) is 0 Å². The fraction of sp³-hybridized carbons (Fsp3) is 0.692. The van der Waals surface area contributed by atoms with Crippen LogP contribution in [0.4, 0.5) is 0 Å². The van der Waals surface area contributed by atoms with Gasteiger partial charge in [0.1, 0.15) is 0 Å². The average Bonchev–Trinajstić information content (AvgIpc) is 2.86. The van der Waals surface area contributed by atoms with Crippen LogP contribution in [-0.2, 0) is 6.54 Å². The Labute approximate surface area is 119 Å². The van der Waals surface area contributed by atoms with Gasteiger partial charge in [0.05, 0.1) is 6.54 Å². The highest BCUT2D eigenvalue weighted by Crippen LogP contribution is 2.17. The molecule has 20 heavy (non-hydrogen) atoms. The standard InChI is InChI=1S/C13H23N5O2/c1-13(2,3)18-6-4-17(5-7-18)9-10-8-11(16-20-10)12(19)15-14/h8H,4-7,9,14H2,1-3H3,(H,15,19). The Bertz CT molecular complexity index is 458. The van der Waals surface area contributed by atoms with Crippen molar-refractivity contribution in [3.8, 4) is 0 Å². The third-order valence-electron chi connectivity index (χ3n) is 3.62. The molecule has 3 N–H and O–H groups in total. The van der Waals surface area contributed by atoms with Gasteiger partial charge in [0.25, 0.3) is 5.91 Å². The molecule has 0 saturated carbocycles. The minimum Gasteiger partial charge on any atom is -0.359 e. The molecule has 7 heteroatoms. The molecule has 0 bridgehead atoms. The molecule has 1 aliphatic heterocycles. The lowest BCUT2D eigenvalue weighted by atomic mass is 10.0. The molecule has 1 amide bonds. The molecule has 0 spiro atoms. The Morgan fingerprint density at radius 1 is 1.40 bits per heavy atom. The van der Waals surface area contributed by atoms with Crippen LogP contribution in [0.3, 0.4) is 0 Å². The molecule has 1 aromatic heterocycles. The fourth-order valence-corrected chi connectivity index (χ4v) is 2.37. The van der Waals surface area contributed by atoms with Crippen LogP contribution in [0.1, 0.15) is 37.0 Å². The lowest BCUT2D eigenvalue weighted by molar-refractivity contribution is 0.0553. The van der Waals surface area contributed by atoms with Crippen LogP contribution < -0.4 is 11.3 Å². The Morgan fingerprint density at radius 3 is 2.60 bits per heavy atom. The van der Waals surface area contributed by atoms with Gasteiger partial charge in [0, 0.05) is 37.8 Å². The number of rotatable bonds is 3. The highest BCUT2D eigenvalue weighted by molar-refractivity contribution is 5.91. The summed E-state index contributed by atoms with van der Waals surface area (Å²) in [4.78, 5) is 16.1. The molecule has 0 aromatic carbocycles. The molecule has 2 heterocycles. The number of nitrogens with one attached hydrogen (secondary N) is 1. The van der Waals surface area contributed by atoms with Crippen LogP contribution in [-0.4, -0.2) is 52.6 Å². The Morgan fingerprint density at radius 2 is 2.05 bits per heavy atom. The van der Waals surface area contributed by atoms with Crippen molar-refractivity contribution in [3.05, 3.63) is 17.5 Å². The van der Waals surface area contributed by atoms with E-state index < -0.39 is 5.91 Å². The third-order valence-corrected chi connectivity index (χ3v) is 3.62. The number of amides is 1. The van der Waals surface area contributed by atoms with Gasteiger partial charge in [-0.25, -0.2) is 5.84 Å². The minimum atomic E-state index is -0.433. The van der Waals surface area contributed by atoms with Crippen molar-refractivity contribution < 1.29 is 9.32 Å². The normalized spacial score (nSPS) is 18.2. The number of hydrogen-bond acceptors (Lipinski definition) is 6. The molecule has 1 aromatic rings. The van der Waals surface area contributed by atoms with Gasteiger partial charge < -0.3 is 4.52 Å². The number of aromatic nitrogens is 1. The summed E-state index contributed by atoms with van der Waals surface area (Å²) >= 11 is 0. The molecule has 1 saturated heterocycles. The van der Waals surface area contributed by atoms with Crippen molar-refractivity contribution in [2.24, 2.45) is 5.84 Å². The molecule has 0 aliphatic carbocycles. The number of nitrogens with two attached hydrogens (primary N) is 1. The third kappa shape index (κ3) is 3.56. The number of carbonyl (C=O) groups excluding carboxylic acids is 1. The van der Waals surface area contributed by atoms with Crippen molar-refractivity contribution in [2.75, 3.05) is 26.2 Å². The summed E-state index contributed by atoms with van der Waals surface area (Å²) < 4.78 is 5.16. The predicted molar refractivity (Wildman–Crippen MR) is 74.8 cm³/mol. The van der Waals surface area contributed by atoms with Crippen molar-refractivity contribution >= 4 is 5.91 Å². The second-order valence-electron chi connectivity index (χ2n) is 6.09. The number of nitrogen functional groups attached to an aromatic ring is 1.